The van der Waals surface area contributed by atoms with E-state index in [4.69, 9.17) is 21.6 Å². The number of nitrogens with zero attached hydrogens (tertiary/aromatic N) is 8. The first-order valence-corrected chi connectivity index (χ1v) is 26.3. The van der Waals surface area contributed by atoms with E-state index in [9.17, 15) is 0 Å². The Morgan fingerprint density at radius 2 is 0.979 bits per heavy atom. The number of likely N-dealkylation sites (N-methyl/N-ethyl adjacent to an activating group) is 2. The van der Waals surface area contributed by atoms with Crippen molar-refractivity contribution in [3.8, 4) is 0 Å². The molecule has 0 bridgehead atoms. The summed E-state index contributed by atoms with van der Waals surface area (Å²) in [4.78, 5) is 28.9. The van der Waals surface area contributed by atoms with Gasteiger partial charge in [-0.15, -0.1) is 0 Å². The van der Waals surface area contributed by atoms with Gasteiger partial charge in [0, 0.05) is 31.6 Å². The van der Waals surface area contributed by atoms with Crippen molar-refractivity contribution in [3.63, 3.8) is 0 Å². The van der Waals surface area contributed by atoms with Crippen LogP contribution in [0.1, 0.15) is 59.3 Å². The number of hydrogen-bond donors (Lipinski definition) is 0. The van der Waals surface area contributed by atoms with Crippen LogP contribution in [0.15, 0.2) is 48.5 Å². The van der Waals surface area contributed by atoms with Gasteiger partial charge in [-0.1, -0.05) is 23.7 Å². The molecule has 4 aromatic rings. The summed E-state index contributed by atoms with van der Waals surface area (Å²) >= 11 is 3.57. The minimum absolute atomic E-state index is 0.537. The summed E-state index contributed by atoms with van der Waals surface area (Å²) in [6.45, 7) is 15.3. The number of hydrogen-bond acceptors (Lipinski definition) is 8. The number of para-hydroxylation sites is 2. The molecular weight excluding hydrogens is 723 g/mol. The van der Waals surface area contributed by atoms with E-state index in [1.165, 1.54) is 62.7 Å². The summed E-state index contributed by atoms with van der Waals surface area (Å²) in [5.41, 5.74) is 2.08. The van der Waals surface area contributed by atoms with Gasteiger partial charge in [0.25, 0.3) is 0 Å². The molecule has 10 heteroatoms. The third-order valence-electron chi connectivity index (χ3n) is 10.2. The van der Waals surface area contributed by atoms with Crippen molar-refractivity contribution >= 4 is 67.4 Å². The minimum atomic E-state index is -2.65. The Labute approximate surface area is 298 Å². The molecule has 260 valence electrons. The number of unbranched alkanes of at least 4 members (excludes halogenated alkanes) is 3. The van der Waals surface area contributed by atoms with Gasteiger partial charge in [0.05, 0.1) is 5.52 Å². The summed E-state index contributed by atoms with van der Waals surface area (Å²) in [7, 11) is 4.34. The molecule has 0 atom stereocenters. The fourth-order valence-corrected chi connectivity index (χ4v) is 23.5. The van der Waals surface area contributed by atoms with Crippen molar-refractivity contribution in [2.45, 2.75) is 72.6 Å². The van der Waals surface area contributed by atoms with E-state index in [-0.39, 0.29) is 0 Å². The molecule has 2 aromatic heterocycles. The molecule has 0 radical (unpaired) electrons. The molecule has 0 unspecified atom stereocenters. The van der Waals surface area contributed by atoms with Crippen LogP contribution in [0, 0.1) is 0 Å². The molecule has 4 heterocycles. The molecule has 8 nitrogen and oxygen atoms in total. The van der Waals surface area contributed by atoms with Crippen LogP contribution in [0.3, 0.4) is 0 Å². The predicted octanol–water partition coefficient (Wildman–Crippen LogP) is 7.47. The van der Waals surface area contributed by atoms with Crippen LogP contribution < -0.4 is 13.5 Å². The van der Waals surface area contributed by atoms with Crippen LogP contribution in [0.25, 0.3) is 21.8 Å². The topological polar surface area (TPSA) is 64.5 Å². The Kier molecular flexibility index (Phi) is 14.0. The smallest absolute Gasteiger partial charge is 0.227 e. The first kappa shape index (κ1) is 37.0. The molecular formula is C38H57ClN8Sn. The van der Waals surface area contributed by atoms with Crippen LogP contribution in [-0.4, -0.2) is 115 Å². The Hall–Kier alpha value is -2.27. The largest absolute Gasteiger partial charge is 0.338 e. The predicted molar refractivity (Wildman–Crippen MR) is 208 cm³/mol. The molecule has 0 amide bonds. The van der Waals surface area contributed by atoms with E-state index in [1.807, 2.05) is 24.3 Å². The maximum absolute atomic E-state index is 6.22. The zero-order chi connectivity index (χ0) is 33.9. The number of aromatic nitrogens is 4. The summed E-state index contributed by atoms with van der Waals surface area (Å²) in [6, 6.07) is 16.7. The van der Waals surface area contributed by atoms with Gasteiger partial charge in [0.1, 0.15) is 5.15 Å². The van der Waals surface area contributed by atoms with Gasteiger partial charge in [-0.3, -0.25) is 0 Å². The maximum atomic E-state index is 6.22. The number of benzene rings is 2. The van der Waals surface area contributed by atoms with E-state index >= 15 is 0 Å². The van der Waals surface area contributed by atoms with E-state index in [0.717, 1.165) is 75.2 Å². The summed E-state index contributed by atoms with van der Waals surface area (Å²) in [5.74, 6) is 1.74. The third-order valence-corrected chi connectivity index (χ3v) is 25.7. The average molecular weight is 780 g/mol. The van der Waals surface area contributed by atoms with Crippen molar-refractivity contribution in [3.05, 3.63) is 53.7 Å². The van der Waals surface area contributed by atoms with Crippen molar-refractivity contribution in [1.29, 1.82) is 0 Å². The normalized spacial score (nSPS) is 16.4. The Balaban J connectivity index is 0.000000212. The van der Waals surface area contributed by atoms with E-state index in [2.05, 4.69) is 88.7 Å². The molecule has 48 heavy (non-hydrogen) atoms. The fourth-order valence-electron chi connectivity index (χ4n) is 7.07. The van der Waals surface area contributed by atoms with Gasteiger partial charge in [-0.05, 0) is 19.2 Å². The van der Waals surface area contributed by atoms with Gasteiger partial charge in [0.2, 0.25) is 5.95 Å². The van der Waals surface area contributed by atoms with Crippen LogP contribution in [0.5, 0.6) is 0 Å². The van der Waals surface area contributed by atoms with E-state index in [0.29, 0.717) is 5.15 Å². The maximum Gasteiger partial charge on any atom is 0.227 e. The number of halogens is 1. The van der Waals surface area contributed by atoms with Crippen LogP contribution >= 0.6 is 11.6 Å². The van der Waals surface area contributed by atoms with Crippen LogP contribution in [0.4, 0.5) is 11.9 Å². The number of rotatable bonds is 12. The average Bonchev–Trinajstić information content (AvgIpc) is 3.12. The number of anilines is 2. The number of piperazine rings is 2. The molecule has 6 rings (SSSR count). The van der Waals surface area contributed by atoms with E-state index in [1.54, 1.807) is 3.71 Å². The molecule has 2 aromatic carbocycles. The molecule has 2 saturated heterocycles. The van der Waals surface area contributed by atoms with Crippen LogP contribution in [0.2, 0.25) is 18.5 Å². The summed E-state index contributed by atoms with van der Waals surface area (Å²) in [6.07, 6.45) is 7.99. The first-order chi connectivity index (χ1) is 23.4. The molecule has 0 saturated carbocycles. The molecule has 2 fully saturated rings. The monoisotopic (exact) mass is 780 g/mol. The SMILES string of the molecule is CCC[CH2][Sn]([CH2]CCC)([CH2]CCC)[c]1nc(N2CCN(C)CC2)nc2ccccc12.CN1CCN(c2nc(Cl)c3ccccc3n2)CC1. The quantitative estimate of drug-likeness (QED) is 0.109. The zero-order valence-electron chi connectivity index (χ0n) is 30.1. The van der Waals surface area contributed by atoms with Crippen molar-refractivity contribution in [2.24, 2.45) is 0 Å². The molecule has 0 N–H and O–H groups in total. The summed E-state index contributed by atoms with van der Waals surface area (Å²) in [5, 5.41) is 2.82. The summed E-state index contributed by atoms with van der Waals surface area (Å²) < 4.78 is 5.90. The van der Waals surface area contributed by atoms with Crippen molar-refractivity contribution in [1.82, 2.24) is 29.7 Å². The molecule has 2 aliphatic rings. The minimum Gasteiger partial charge on any atom is -0.338 e. The molecule has 0 aliphatic carbocycles. The molecule has 0 spiro atoms. The molecule has 2 aliphatic heterocycles. The second-order valence-corrected chi connectivity index (χ2v) is 27.2. The van der Waals surface area contributed by atoms with Crippen LogP contribution in [-0.2, 0) is 0 Å². The van der Waals surface area contributed by atoms with Gasteiger partial charge in [0.15, 0.2) is 0 Å². The zero-order valence-corrected chi connectivity index (χ0v) is 33.7. The van der Waals surface area contributed by atoms with Crippen molar-refractivity contribution in [2.75, 3.05) is 76.3 Å². The Morgan fingerprint density at radius 1 is 0.562 bits per heavy atom. The van der Waals surface area contributed by atoms with Crippen molar-refractivity contribution < 1.29 is 0 Å². The third kappa shape index (κ3) is 9.28. The second kappa shape index (κ2) is 18.1. The van der Waals surface area contributed by atoms with Gasteiger partial charge in [-0.25, -0.2) is 9.97 Å². The first-order valence-electron chi connectivity index (χ1n) is 18.4. The Morgan fingerprint density at radius 3 is 1.46 bits per heavy atom. The fraction of sp³-hybridized carbons (Fsp3) is 0.579. The Bertz CT molecular complexity index is 1560. The standard InChI is InChI=1S/C13H15ClN4.C13H15N4.3C4H9.Sn/c1-17-6-8-18(9-7-17)13-15-11-5-3-2-4-10(11)12(14)16-13;1-16-6-8-17(9-7-16)13-14-10-11-4-2-3-5-12(11)15-13;3*1-3-4-2;/h2-5H,6-9H2,1H3;2-5H,6-9H2,1H3;3*1,3-4H2,2H3;. The van der Waals surface area contributed by atoms with Gasteiger partial charge < -0.3 is 9.80 Å². The number of fused-ring (bicyclic) bond motifs is 2. The second-order valence-electron chi connectivity index (χ2n) is 13.9. The van der Waals surface area contributed by atoms with E-state index < -0.39 is 18.4 Å². The van der Waals surface area contributed by atoms with Gasteiger partial charge in [-0.2, -0.15) is 0 Å². The van der Waals surface area contributed by atoms with Gasteiger partial charge >= 0.3 is 189 Å².